The molecule has 1 heterocycles. The molecule has 0 aromatic heterocycles. The van der Waals surface area contributed by atoms with Gasteiger partial charge in [-0.25, -0.2) is 13.1 Å². The van der Waals surface area contributed by atoms with Crippen molar-refractivity contribution in [3.63, 3.8) is 0 Å². The van der Waals surface area contributed by atoms with E-state index >= 15 is 0 Å². The summed E-state index contributed by atoms with van der Waals surface area (Å²) in [7, 11) is -3.25. The summed E-state index contributed by atoms with van der Waals surface area (Å²) in [5, 5.41) is 0. The third-order valence-electron chi connectivity index (χ3n) is 7.35. The number of rotatable bonds is 7. The van der Waals surface area contributed by atoms with Gasteiger partial charge in [-0.3, -0.25) is 14.5 Å². The summed E-state index contributed by atoms with van der Waals surface area (Å²) in [6.45, 7) is 1.47. The molecule has 0 radical (unpaired) electrons. The van der Waals surface area contributed by atoms with E-state index in [0.29, 0.717) is 24.8 Å². The van der Waals surface area contributed by atoms with Crippen molar-refractivity contribution >= 4 is 21.9 Å². The molecule has 0 aromatic carbocycles. The predicted molar refractivity (Wildman–Crippen MR) is 103 cm³/mol. The molecule has 4 aliphatic carbocycles. The summed E-state index contributed by atoms with van der Waals surface area (Å²) in [5.41, 5.74) is 5.15. The van der Waals surface area contributed by atoms with Gasteiger partial charge in [-0.15, -0.1) is 0 Å². The van der Waals surface area contributed by atoms with Crippen molar-refractivity contribution in [1.29, 1.82) is 0 Å². The monoisotopic (exact) mass is 413 g/mol. The first-order valence-electron chi connectivity index (χ1n) is 10.4. The molecule has 3 N–H and O–H groups in total. The fraction of sp³-hybridized carbons (Fsp3) is 0.895. The van der Waals surface area contributed by atoms with Gasteiger partial charge in [0.05, 0.1) is 11.7 Å². The summed E-state index contributed by atoms with van der Waals surface area (Å²) in [6, 6.07) is -0.372. The summed E-state index contributed by atoms with van der Waals surface area (Å²) < 4.78 is 31.0. The van der Waals surface area contributed by atoms with Crippen molar-refractivity contribution in [2.24, 2.45) is 28.9 Å². The van der Waals surface area contributed by atoms with E-state index in [2.05, 4.69) is 4.72 Å². The second-order valence-electron chi connectivity index (χ2n) is 9.35. The highest BCUT2D eigenvalue weighted by Gasteiger charge is 2.62. The van der Waals surface area contributed by atoms with E-state index in [1.165, 1.54) is 6.42 Å². The Labute approximate surface area is 166 Å². The maximum atomic E-state index is 13.0. The summed E-state index contributed by atoms with van der Waals surface area (Å²) in [6.07, 6.45) is 7.02. The Morgan fingerprint density at radius 1 is 1.21 bits per heavy atom. The molecule has 1 saturated heterocycles. The molecule has 9 heteroatoms. The van der Waals surface area contributed by atoms with Gasteiger partial charge in [0.25, 0.3) is 0 Å². The number of nitrogens with zero attached hydrogens (tertiary/aromatic N) is 1. The summed E-state index contributed by atoms with van der Waals surface area (Å²) in [4.78, 5) is 27.4. The number of hydrogen-bond acceptors (Lipinski definition) is 6. The molecule has 1 aliphatic heterocycles. The molecule has 28 heavy (non-hydrogen) atoms. The number of hydrogen-bond donors (Lipinski definition) is 2. The lowest BCUT2D eigenvalue weighted by molar-refractivity contribution is -0.198. The van der Waals surface area contributed by atoms with Crippen LogP contribution < -0.4 is 10.5 Å². The van der Waals surface area contributed by atoms with Gasteiger partial charge >= 0.3 is 5.97 Å². The Kier molecular flexibility index (Phi) is 5.20. The maximum absolute atomic E-state index is 13.0. The smallest absolute Gasteiger partial charge is 0.323 e. The minimum atomic E-state index is -3.25. The van der Waals surface area contributed by atoms with Gasteiger partial charge in [0.2, 0.25) is 15.9 Å². The number of carbonyl (C=O) groups excluding carboxylic acids is 2. The van der Waals surface area contributed by atoms with E-state index < -0.39 is 21.5 Å². The first-order chi connectivity index (χ1) is 13.2. The Bertz CT molecular complexity index is 741. The number of likely N-dealkylation sites (tertiary alicyclic amines) is 1. The van der Waals surface area contributed by atoms with Gasteiger partial charge < -0.3 is 10.5 Å². The molecule has 4 unspecified atom stereocenters. The van der Waals surface area contributed by atoms with Crippen LogP contribution in [0.25, 0.3) is 0 Å². The molecule has 4 bridgehead atoms. The molecule has 4 atom stereocenters. The van der Waals surface area contributed by atoms with Crippen LogP contribution in [0.1, 0.15) is 44.9 Å². The highest BCUT2D eigenvalue weighted by molar-refractivity contribution is 7.88. The fourth-order valence-electron chi connectivity index (χ4n) is 6.48. The lowest BCUT2D eigenvalue weighted by Crippen LogP contribution is -2.62. The maximum Gasteiger partial charge on any atom is 0.323 e. The zero-order valence-corrected chi connectivity index (χ0v) is 17.2. The van der Waals surface area contributed by atoms with Gasteiger partial charge in [-0.1, -0.05) is 0 Å². The van der Waals surface area contributed by atoms with Gasteiger partial charge in [-0.2, -0.15) is 0 Å². The molecule has 1 amide bonds. The van der Waals surface area contributed by atoms with Gasteiger partial charge in [0.1, 0.15) is 12.1 Å². The Morgan fingerprint density at radius 2 is 1.89 bits per heavy atom. The average molecular weight is 414 g/mol. The number of amides is 1. The van der Waals surface area contributed by atoms with Crippen LogP contribution in [-0.2, 0) is 24.3 Å². The van der Waals surface area contributed by atoms with Crippen LogP contribution in [0, 0.1) is 23.2 Å². The van der Waals surface area contributed by atoms with Gasteiger partial charge in [-0.05, 0) is 69.2 Å². The van der Waals surface area contributed by atoms with Gasteiger partial charge in [0, 0.05) is 13.1 Å². The van der Waals surface area contributed by atoms with Crippen molar-refractivity contribution in [1.82, 2.24) is 9.62 Å². The minimum absolute atomic E-state index is 0.240. The number of nitrogens with one attached hydrogen (secondary N) is 1. The van der Waals surface area contributed by atoms with Crippen LogP contribution in [0.4, 0.5) is 0 Å². The molecule has 0 aromatic rings. The van der Waals surface area contributed by atoms with Crippen LogP contribution >= 0.6 is 0 Å². The zero-order chi connectivity index (χ0) is 20.1. The van der Waals surface area contributed by atoms with Crippen molar-refractivity contribution in [3.05, 3.63) is 0 Å². The summed E-state index contributed by atoms with van der Waals surface area (Å²) >= 11 is 0. The Morgan fingerprint density at radius 3 is 2.50 bits per heavy atom. The summed E-state index contributed by atoms with van der Waals surface area (Å²) in [5.74, 6) is 0.708. The van der Waals surface area contributed by atoms with Crippen LogP contribution in [-0.4, -0.2) is 63.2 Å². The number of primary amides is 1. The molecule has 5 rings (SSSR count). The van der Waals surface area contributed by atoms with Crippen LogP contribution in [0.2, 0.25) is 0 Å². The fourth-order valence-corrected chi connectivity index (χ4v) is 6.95. The molecule has 0 spiro atoms. The lowest BCUT2D eigenvalue weighted by atomic mass is 9.48. The quantitative estimate of drug-likeness (QED) is 0.577. The molecule has 5 aliphatic rings. The molecule has 8 nitrogen and oxygen atoms in total. The average Bonchev–Trinajstić information content (AvgIpc) is 3.04. The Hall–Kier alpha value is -1.19. The van der Waals surface area contributed by atoms with Gasteiger partial charge in [0.15, 0.2) is 0 Å². The first-order valence-corrected chi connectivity index (χ1v) is 12.3. The van der Waals surface area contributed by atoms with E-state index in [1.807, 2.05) is 4.90 Å². The second kappa shape index (κ2) is 7.25. The second-order valence-corrected chi connectivity index (χ2v) is 11.2. The SMILES string of the molecule is CS(=O)(=O)NCCN1CCCC1C(=O)OC1C2CC3CC(C2)CC1(C(N)=O)C3. The molecular weight excluding hydrogens is 382 g/mol. The standard InChI is InChI=1S/C19H31N3O5S/c1-28(25,26)21-4-6-22-5-2-3-15(22)17(23)27-16-14-8-12-7-13(9-14)11-19(16,10-12)18(20)24/h12-16,21H,2-11H2,1H3,(H2,20,24). The van der Waals surface area contributed by atoms with Crippen molar-refractivity contribution in [2.75, 3.05) is 25.9 Å². The topological polar surface area (TPSA) is 119 Å². The van der Waals surface area contributed by atoms with Crippen LogP contribution in [0.3, 0.4) is 0 Å². The van der Waals surface area contributed by atoms with E-state index in [-0.39, 0.29) is 30.4 Å². The lowest BCUT2D eigenvalue weighted by Gasteiger charge is -2.58. The third kappa shape index (κ3) is 3.68. The van der Waals surface area contributed by atoms with Crippen LogP contribution in [0.15, 0.2) is 0 Å². The predicted octanol–water partition coefficient (Wildman–Crippen LogP) is 0.223. The number of nitrogens with two attached hydrogens (primary N) is 1. The Balaban J connectivity index is 1.43. The van der Waals surface area contributed by atoms with E-state index in [0.717, 1.165) is 44.9 Å². The highest BCUT2D eigenvalue weighted by Crippen LogP contribution is 2.61. The number of carbonyl (C=O) groups is 2. The normalized spacial score (nSPS) is 40.0. The number of sulfonamides is 1. The van der Waals surface area contributed by atoms with E-state index in [4.69, 9.17) is 10.5 Å². The highest BCUT2D eigenvalue weighted by atomic mass is 32.2. The molecule has 4 saturated carbocycles. The largest absolute Gasteiger partial charge is 0.460 e. The van der Waals surface area contributed by atoms with Crippen molar-refractivity contribution in [3.8, 4) is 0 Å². The number of ether oxygens (including phenoxy) is 1. The molecule has 158 valence electrons. The van der Waals surface area contributed by atoms with Crippen molar-refractivity contribution < 1.29 is 22.7 Å². The first kappa shape index (κ1) is 20.1. The third-order valence-corrected chi connectivity index (χ3v) is 8.08. The van der Waals surface area contributed by atoms with E-state index in [9.17, 15) is 18.0 Å². The zero-order valence-electron chi connectivity index (χ0n) is 16.4. The van der Waals surface area contributed by atoms with Crippen molar-refractivity contribution in [2.45, 2.75) is 57.1 Å². The molecular formula is C19H31N3O5S. The minimum Gasteiger partial charge on any atom is -0.460 e. The van der Waals surface area contributed by atoms with E-state index in [1.54, 1.807) is 0 Å². The number of esters is 1. The molecule has 5 fully saturated rings. The van der Waals surface area contributed by atoms with Crippen LogP contribution in [0.5, 0.6) is 0 Å².